The lowest BCUT2D eigenvalue weighted by Gasteiger charge is -2.13. The summed E-state index contributed by atoms with van der Waals surface area (Å²) >= 11 is 0. The summed E-state index contributed by atoms with van der Waals surface area (Å²) < 4.78 is 5.89. The molecule has 0 saturated carbocycles. The number of para-hydroxylation sites is 1. The van der Waals surface area contributed by atoms with Gasteiger partial charge in [0.25, 0.3) is 23.6 Å². The van der Waals surface area contributed by atoms with Crippen LogP contribution in [-0.4, -0.2) is 35.6 Å². The summed E-state index contributed by atoms with van der Waals surface area (Å²) in [7, 11) is 1.41. The second-order valence-electron chi connectivity index (χ2n) is 6.94. The molecule has 2 heterocycles. The monoisotopic (exact) mass is 398 g/mol. The van der Waals surface area contributed by atoms with E-state index < -0.39 is 17.7 Å². The van der Waals surface area contributed by atoms with Crippen molar-refractivity contribution < 1.29 is 23.9 Å². The molecule has 30 heavy (non-hydrogen) atoms. The number of carbonyl (C=O) groups is 4. The summed E-state index contributed by atoms with van der Waals surface area (Å²) in [6, 6.07) is 18.0. The number of imide groups is 2. The first-order valence-electron chi connectivity index (χ1n) is 9.18. The van der Waals surface area contributed by atoms with Crippen molar-refractivity contribution in [1.82, 2.24) is 4.90 Å². The highest BCUT2D eigenvalue weighted by Crippen LogP contribution is 2.37. The molecule has 3 aromatic carbocycles. The lowest BCUT2D eigenvalue weighted by atomic mass is 10.1. The zero-order chi connectivity index (χ0) is 21.0. The number of hydrogen-bond acceptors (Lipinski definition) is 5. The number of amides is 4. The molecule has 0 spiro atoms. The number of rotatable bonds is 3. The number of ether oxygens (including phenoxy) is 1. The van der Waals surface area contributed by atoms with Gasteiger partial charge in [0.1, 0.15) is 11.5 Å². The molecule has 5 rings (SSSR count). The van der Waals surface area contributed by atoms with Crippen LogP contribution in [0.1, 0.15) is 41.4 Å². The van der Waals surface area contributed by atoms with E-state index in [-0.39, 0.29) is 34.1 Å². The summed E-state index contributed by atoms with van der Waals surface area (Å²) in [6.45, 7) is 0. The quantitative estimate of drug-likeness (QED) is 0.631. The van der Waals surface area contributed by atoms with Gasteiger partial charge in [-0.25, -0.2) is 4.90 Å². The molecule has 0 unspecified atom stereocenters. The molecule has 4 amide bonds. The fourth-order valence-corrected chi connectivity index (χ4v) is 3.68. The molecule has 0 bridgehead atoms. The fraction of sp³-hybridized carbons (Fsp3) is 0.0435. The second-order valence-corrected chi connectivity index (χ2v) is 6.94. The van der Waals surface area contributed by atoms with Crippen molar-refractivity contribution in [1.29, 1.82) is 0 Å². The van der Waals surface area contributed by atoms with Gasteiger partial charge in [0.15, 0.2) is 0 Å². The van der Waals surface area contributed by atoms with Gasteiger partial charge >= 0.3 is 0 Å². The molecule has 0 saturated heterocycles. The summed E-state index contributed by atoms with van der Waals surface area (Å²) in [5.41, 5.74) is 1.41. The van der Waals surface area contributed by atoms with Crippen molar-refractivity contribution in [2.45, 2.75) is 0 Å². The normalized spacial score (nSPS) is 15.0. The van der Waals surface area contributed by atoms with Crippen molar-refractivity contribution in [2.24, 2.45) is 0 Å². The topological polar surface area (TPSA) is 84.0 Å². The van der Waals surface area contributed by atoms with Gasteiger partial charge in [-0.3, -0.25) is 24.1 Å². The van der Waals surface area contributed by atoms with Crippen LogP contribution in [0.5, 0.6) is 11.5 Å². The Morgan fingerprint density at radius 1 is 0.667 bits per heavy atom. The SMILES string of the molecule is CN1C(=O)c2ccc(Oc3cccc4c3C(=O)N(c3ccccc3)C4=O)cc2C1=O. The van der Waals surface area contributed by atoms with E-state index in [0.29, 0.717) is 11.3 Å². The van der Waals surface area contributed by atoms with Crippen molar-refractivity contribution in [3.63, 3.8) is 0 Å². The zero-order valence-electron chi connectivity index (χ0n) is 15.8. The molecule has 3 aromatic rings. The van der Waals surface area contributed by atoms with Crippen molar-refractivity contribution in [3.8, 4) is 11.5 Å². The number of fused-ring (bicyclic) bond motifs is 2. The molecule has 7 heteroatoms. The van der Waals surface area contributed by atoms with Crippen LogP contribution >= 0.6 is 0 Å². The first kappa shape index (κ1) is 17.8. The Morgan fingerprint density at radius 3 is 2.17 bits per heavy atom. The minimum Gasteiger partial charge on any atom is -0.456 e. The average molecular weight is 398 g/mol. The van der Waals surface area contributed by atoms with Crippen LogP contribution in [0.4, 0.5) is 5.69 Å². The van der Waals surface area contributed by atoms with Crippen LogP contribution in [0.2, 0.25) is 0 Å². The Morgan fingerprint density at radius 2 is 1.40 bits per heavy atom. The van der Waals surface area contributed by atoms with Crippen LogP contribution in [-0.2, 0) is 0 Å². The van der Waals surface area contributed by atoms with Gasteiger partial charge in [-0.05, 0) is 42.5 Å². The van der Waals surface area contributed by atoms with Crippen LogP contribution in [0.15, 0.2) is 66.7 Å². The number of hydrogen-bond donors (Lipinski definition) is 0. The largest absolute Gasteiger partial charge is 0.456 e. The lowest BCUT2D eigenvalue weighted by Crippen LogP contribution is -2.29. The molecule has 0 aliphatic carbocycles. The van der Waals surface area contributed by atoms with E-state index in [0.717, 1.165) is 9.80 Å². The molecule has 0 radical (unpaired) electrons. The molecule has 0 N–H and O–H groups in total. The Labute approximate surface area is 171 Å². The van der Waals surface area contributed by atoms with Gasteiger partial charge in [0.05, 0.1) is 27.9 Å². The molecule has 2 aliphatic rings. The first-order valence-corrected chi connectivity index (χ1v) is 9.18. The van der Waals surface area contributed by atoms with E-state index in [4.69, 9.17) is 4.74 Å². The summed E-state index contributed by atoms with van der Waals surface area (Å²) in [6.07, 6.45) is 0. The maximum atomic E-state index is 13.1. The fourth-order valence-electron chi connectivity index (χ4n) is 3.68. The first-order chi connectivity index (χ1) is 14.5. The Hall–Kier alpha value is -4.26. The smallest absolute Gasteiger partial charge is 0.269 e. The van der Waals surface area contributed by atoms with Gasteiger partial charge in [-0.2, -0.15) is 0 Å². The van der Waals surface area contributed by atoms with Gasteiger partial charge < -0.3 is 4.74 Å². The van der Waals surface area contributed by atoms with E-state index in [1.54, 1.807) is 54.6 Å². The minimum atomic E-state index is -0.482. The predicted molar refractivity (Wildman–Crippen MR) is 107 cm³/mol. The lowest BCUT2D eigenvalue weighted by molar-refractivity contribution is 0.0692. The highest BCUT2D eigenvalue weighted by Gasteiger charge is 2.39. The third-order valence-corrected chi connectivity index (χ3v) is 5.18. The van der Waals surface area contributed by atoms with Gasteiger partial charge in [0.2, 0.25) is 0 Å². The minimum absolute atomic E-state index is 0.159. The molecule has 0 aromatic heterocycles. The third kappa shape index (κ3) is 2.45. The van der Waals surface area contributed by atoms with Gasteiger partial charge in [-0.1, -0.05) is 24.3 Å². The van der Waals surface area contributed by atoms with Crippen LogP contribution in [0, 0.1) is 0 Å². The molecule has 146 valence electrons. The van der Waals surface area contributed by atoms with Crippen LogP contribution in [0.3, 0.4) is 0 Å². The molecule has 2 aliphatic heterocycles. The molecule has 0 atom stereocenters. The second kappa shape index (κ2) is 6.38. The summed E-state index contributed by atoms with van der Waals surface area (Å²) in [5.74, 6) is -1.21. The van der Waals surface area contributed by atoms with Crippen molar-refractivity contribution in [3.05, 3.63) is 89.0 Å². The number of nitrogens with zero attached hydrogens (tertiary/aromatic N) is 2. The number of anilines is 1. The van der Waals surface area contributed by atoms with E-state index in [1.807, 2.05) is 0 Å². The van der Waals surface area contributed by atoms with Gasteiger partial charge in [0, 0.05) is 7.05 Å². The third-order valence-electron chi connectivity index (χ3n) is 5.18. The van der Waals surface area contributed by atoms with E-state index in [2.05, 4.69) is 0 Å². The highest BCUT2D eigenvalue weighted by molar-refractivity contribution is 6.35. The van der Waals surface area contributed by atoms with E-state index in [9.17, 15) is 19.2 Å². The van der Waals surface area contributed by atoms with E-state index in [1.165, 1.54) is 19.2 Å². The Kier molecular flexibility index (Phi) is 3.79. The van der Waals surface area contributed by atoms with Crippen LogP contribution in [0.25, 0.3) is 0 Å². The number of benzene rings is 3. The Balaban J connectivity index is 1.53. The predicted octanol–water partition coefficient (Wildman–Crippen LogP) is 3.51. The standard InChI is InChI=1S/C23H14N2O5/c1-24-20(26)15-11-10-14(12-17(15)21(24)27)30-18-9-5-8-16-19(18)23(29)25(22(16)28)13-6-3-2-4-7-13/h2-12H,1H3. The average Bonchev–Trinajstić information content (AvgIpc) is 3.14. The maximum Gasteiger partial charge on any atom is 0.269 e. The van der Waals surface area contributed by atoms with E-state index >= 15 is 0 Å². The molecule has 7 nitrogen and oxygen atoms in total. The molecule has 0 fully saturated rings. The molecular weight excluding hydrogens is 384 g/mol. The van der Waals surface area contributed by atoms with Crippen molar-refractivity contribution in [2.75, 3.05) is 11.9 Å². The Bertz CT molecular complexity index is 1270. The van der Waals surface area contributed by atoms with Gasteiger partial charge in [-0.15, -0.1) is 0 Å². The zero-order valence-corrected chi connectivity index (χ0v) is 15.8. The maximum absolute atomic E-state index is 13.1. The van der Waals surface area contributed by atoms with Crippen molar-refractivity contribution >= 4 is 29.3 Å². The summed E-state index contributed by atoms with van der Waals surface area (Å²) in [5, 5.41) is 0. The molecular formula is C23H14N2O5. The highest BCUT2D eigenvalue weighted by atomic mass is 16.5. The van der Waals surface area contributed by atoms with Crippen LogP contribution < -0.4 is 9.64 Å². The summed E-state index contributed by atoms with van der Waals surface area (Å²) in [4.78, 5) is 52.3. The number of carbonyl (C=O) groups excluding carboxylic acids is 4.